The Balaban J connectivity index is 1.80. The first-order valence-corrected chi connectivity index (χ1v) is 7.63. The van der Waals surface area contributed by atoms with Crippen LogP contribution in [0, 0.1) is 0 Å². The van der Waals surface area contributed by atoms with Crippen LogP contribution < -0.4 is 0 Å². The summed E-state index contributed by atoms with van der Waals surface area (Å²) in [4.78, 5) is 18.7. The molecule has 1 aliphatic heterocycles. The van der Waals surface area contributed by atoms with Crippen LogP contribution in [0.25, 0.3) is 0 Å². The normalized spacial score (nSPS) is 29.0. The molecule has 2 heterocycles. The number of rotatable bonds is 2. The van der Waals surface area contributed by atoms with Gasteiger partial charge >= 0.3 is 0 Å². The lowest BCUT2D eigenvalue weighted by atomic mass is 9.87. The molecule has 1 aliphatic carbocycles. The number of carbonyl (C=O) groups excluding carboxylic acids is 1. The van der Waals surface area contributed by atoms with E-state index >= 15 is 0 Å². The second-order valence-electron chi connectivity index (χ2n) is 5.51. The number of hydrogen-bond acceptors (Lipinski definition) is 4. The van der Waals surface area contributed by atoms with Crippen LogP contribution in [-0.2, 0) is 9.47 Å². The highest BCUT2D eigenvalue weighted by molar-refractivity contribution is 6.30. The monoisotopic (exact) mass is 310 g/mol. The molecule has 5 nitrogen and oxygen atoms in total. The van der Waals surface area contributed by atoms with Crippen molar-refractivity contribution in [3.8, 4) is 0 Å². The van der Waals surface area contributed by atoms with E-state index in [0.29, 0.717) is 23.9 Å². The Morgan fingerprint density at radius 2 is 2.38 bits per heavy atom. The van der Waals surface area contributed by atoms with Gasteiger partial charge in [0.1, 0.15) is 5.69 Å². The van der Waals surface area contributed by atoms with Crippen LogP contribution in [0.4, 0.5) is 0 Å². The number of methoxy groups -OCH3 is 1. The molecule has 3 atom stereocenters. The molecular formula is C15H19ClN2O3. The Kier molecular flexibility index (Phi) is 4.42. The topological polar surface area (TPSA) is 51.7 Å². The van der Waals surface area contributed by atoms with Crippen LogP contribution >= 0.6 is 11.6 Å². The van der Waals surface area contributed by atoms with Crippen molar-refractivity contribution in [2.75, 3.05) is 20.3 Å². The Morgan fingerprint density at radius 1 is 1.52 bits per heavy atom. The zero-order valence-corrected chi connectivity index (χ0v) is 12.8. The van der Waals surface area contributed by atoms with Crippen LogP contribution in [0.5, 0.6) is 0 Å². The van der Waals surface area contributed by atoms with Crippen molar-refractivity contribution in [2.24, 2.45) is 0 Å². The molecule has 1 aromatic heterocycles. The maximum Gasteiger partial charge on any atom is 0.272 e. The summed E-state index contributed by atoms with van der Waals surface area (Å²) in [6.45, 7) is 1.16. The molecule has 114 valence electrons. The minimum Gasteiger partial charge on any atom is -0.381 e. The number of pyridine rings is 1. The van der Waals surface area contributed by atoms with Gasteiger partial charge < -0.3 is 14.4 Å². The molecule has 1 saturated heterocycles. The molecule has 3 rings (SSSR count). The average molecular weight is 311 g/mol. The number of halogens is 1. The van der Waals surface area contributed by atoms with Gasteiger partial charge in [-0.25, -0.2) is 0 Å². The molecule has 0 radical (unpaired) electrons. The highest BCUT2D eigenvalue weighted by Gasteiger charge is 2.40. The van der Waals surface area contributed by atoms with E-state index in [-0.39, 0.29) is 24.2 Å². The van der Waals surface area contributed by atoms with Crippen LogP contribution in [0.3, 0.4) is 0 Å². The third kappa shape index (κ3) is 3.05. The van der Waals surface area contributed by atoms with Gasteiger partial charge in [0.05, 0.1) is 24.9 Å². The average Bonchev–Trinajstić information content (AvgIpc) is 2.53. The van der Waals surface area contributed by atoms with Gasteiger partial charge in [-0.05, 0) is 31.4 Å². The van der Waals surface area contributed by atoms with Crippen LogP contribution in [-0.4, -0.2) is 54.3 Å². The molecule has 0 N–H and O–H groups in total. The number of nitrogens with zero attached hydrogens (tertiary/aromatic N) is 2. The summed E-state index contributed by atoms with van der Waals surface area (Å²) in [5, 5.41) is 0.525. The molecule has 0 unspecified atom stereocenters. The third-order valence-electron chi connectivity index (χ3n) is 4.31. The zero-order valence-electron chi connectivity index (χ0n) is 12.0. The number of fused-ring (bicyclic) bond motifs is 1. The van der Waals surface area contributed by atoms with E-state index in [2.05, 4.69) is 4.98 Å². The summed E-state index contributed by atoms with van der Waals surface area (Å²) in [5.41, 5.74) is 0.391. The maximum atomic E-state index is 12.7. The first-order valence-electron chi connectivity index (χ1n) is 7.26. The van der Waals surface area contributed by atoms with E-state index in [1.54, 1.807) is 25.4 Å². The van der Waals surface area contributed by atoms with E-state index in [0.717, 1.165) is 19.3 Å². The minimum atomic E-state index is -0.0763. The lowest BCUT2D eigenvalue weighted by Gasteiger charge is -2.45. The third-order valence-corrected chi connectivity index (χ3v) is 4.54. The molecule has 0 aromatic carbocycles. The van der Waals surface area contributed by atoms with E-state index in [1.165, 1.54) is 0 Å². The first-order chi connectivity index (χ1) is 10.2. The Hall–Kier alpha value is -1.17. The number of carbonyl (C=O) groups is 1. The van der Waals surface area contributed by atoms with Crippen molar-refractivity contribution in [1.29, 1.82) is 0 Å². The largest absolute Gasteiger partial charge is 0.381 e. The molecule has 1 aromatic rings. The summed E-state index contributed by atoms with van der Waals surface area (Å²) < 4.78 is 11.3. The first kappa shape index (κ1) is 14.8. The van der Waals surface area contributed by atoms with Gasteiger partial charge in [-0.3, -0.25) is 9.78 Å². The smallest absolute Gasteiger partial charge is 0.272 e. The van der Waals surface area contributed by atoms with Crippen molar-refractivity contribution in [3.63, 3.8) is 0 Å². The van der Waals surface area contributed by atoms with Gasteiger partial charge in [-0.2, -0.15) is 0 Å². The number of aromatic nitrogens is 1. The maximum absolute atomic E-state index is 12.7. The molecular weight excluding hydrogens is 292 g/mol. The van der Waals surface area contributed by atoms with Crippen molar-refractivity contribution in [2.45, 2.75) is 37.5 Å². The standard InChI is InChI=1S/C15H19ClN2O3/c1-20-11-2-3-14-13(9-11)18(6-7-21-14)15(19)12-8-10(16)4-5-17-12/h4-5,8,11,13-14H,2-3,6-7,9H2,1H3/t11-,13-,14+/m1/s1. The summed E-state index contributed by atoms with van der Waals surface area (Å²) in [6, 6.07) is 3.35. The van der Waals surface area contributed by atoms with Gasteiger partial charge in [-0.15, -0.1) is 0 Å². The van der Waals surface area contributed by atoms with Gasteiger partial charge in [0.15, 0.2) is 0 Å². The van der Waals surface area contributed by atoms with E-state index in [9.17, 15) is 4.79 Å². The fraction of sp³-hybridized carbons (Fsp3) is 0.600. The van der Waals surface area contributed by atoms with E-state index in [4.69, 9.17) is 21.1 Å². The summed E-state index contributed by atoms with van der Waals surface area (Å²) in [5.74, 6) is -0.0763. The number of morpholine rings is 1. The fourth-order valence-electron chi connectivity index (χ4n) is 3.21. The van der Waals surface area contributed by atoms with E-state index < -0.39 is 0 Å². The van der Waals surface area contributed by atoms with Gasteiger partial charge in [-0.1, -0.05) is 11.6 Å². The fourth-order valence-corrected chi connectivity index (χ4v) is 3.37. The van der Waals surface area contributed by atoms with Gasteiger partial charge in [0.25, 0.3) is 5.91 Å². The van der Waals surface area contributed by atoms with Crippen molar-refractivity contribution < 1.29 is 14.3 Å². The molecule has 2 aliphatic rings. The van der Waals surface area contributed by atoms with Crippen molar-refractivity contribution in [1.82, 2.24) is 9.88 Å². The highest BCUT2D eigenvalue weighted by atomic mass is 35.5. The molecule has 2 fully saturated rings. The van der Waals surface area contributed by atoms with Gasteiger partial charge in [0.2, 0.25) is 0 Å². The van der Waals surface area contributed by atoms with E-state index in [1.807, 2.05) is 4.90 Å². The zero-order chi connectivity index (χ0) is 14.8. The highest BCUT2D eigenvalue weighted by Crippen LogP contribution is 2.30. The summed E-state index contributed by atoms with van der Waals surface area (Å²) in [6.07, 6.45) is 4.58. The number of hydrogen-bond donors (Lipinski definition) is 0. The van der Waals surface area contributed by atoms with Gasteiger partial charge in [0, 0.05) is 24.9 Å². The Bertz CT molecular complexity index is 525. The summed E-state index contributed by atoms with van der Waals surface area (Å²) in [7, 11) is 1.72. The Morgan fingerprint density at radius 3 is 3.14 bits per heavy atom. The predicted octanol–water partition coefficient (Wildman–Crippen LogP) is 2.14. The number of ether oxygens (including phenoxy) is 2. The molecule has 21 heavy (non-hydrogen) atoms. The Labute approximate surface area is 129 Å². The second kappa shape index (κ2) is 6.30. The lowest BCUT2D eigenvalue weighted by molar-refractivity contribution is -0.101. The lowest BCUT2D eigenvalue weighted by Crippen LogP contribution is -2.57. The minimum absolute atomic E-state index is 0.0609. The number of amides is 1. The predicted molar refractivity (Wildman–Crippen MR) is 78.5 cm³/mol. The van der Waals surface area contributed by atoms with Crippen LogP contribution in [0.1, 0.15) is 29.8 Å². The molecule has 0 bridgehead atoms. The van der Waals surface area contributed by atoms with Crippen LogP contribution in [0.2, 0.25) is 5.02 Å². The molecule has 0 spiro atoms. The summed E-state index contributed by atoms with van der Waals surface area (Å²) >= 11 is 5.96. The molecule has 1 saturated carbocycles. The molecule has 6 heteroatoms. The SMILES string of the molecule is CO[C@@H]1CC[C@@H]2OCCN(C(=O)c3cc(Cl)ccn3)[C@@H]2C1. The van der Waals surface area contributed by atoms with Crippen LogP contribution in [0.15, 0.2) is 18.3 Å². The van der Waals surface area contributed by atoms with Crippen molar-refractivity contribution >= 4 is 17.5 Å². The molecule has 1 amide bonds. The van der Waals surface area contributed by atoms with Crippen molar-refractivity contribution in [3.05, 3.63) is 29.0 Å². The quantitative estimate of drug-likeness (QED) is 0.840. The second-order valence-corrected chi connectivity index (χ2v) is 5.94.